The van der Waals surface area contributed by atoms with Crippen LogP contribution in [0.15, 0.2) is 0 Å². The van der Waals surface area contributed by atoms with Gasteiger partial charge < -0.3 is 14.2 Å². The molecule has 0 spiro atoms. The van der Waals surface area contributed by atoms with Crippen molar-refractivity contribution in [1.82, 2.24) is 0 Å². The van der Waals surface area contributed by atoms with E-state index in [2.05, 4.69) is 0 Å². The molecule has 1 aliphatic carbocycles. The third kappa shape index (κ3) is 4.18. The highest BCUT2D eigenvalue weighted by Crippen LogP contribution is 2.29. The Morgan fingerprint density at radius 1 is 1.33 bits per heavy atom. The second-order valence-corrected chi connectivity index (χ2v) is 4.03. The van der Waals surface area contributed by atoms with Gasteiger partial charge in [0.05, 0.1) is 19.6 Å². The van der Waals surface area contributed by atoms with Gasteiger partial charge in [-0.15, -0.1) is 0 Å². The maximum atomic E-state index is 11.4. The Balaban J connectivity index is 2.26. The smallest absolute Gasteiger partial charge is 0.308 e. The summed E-state index contributed by atoms with van der Waals surface area (Å²) in [7, 11) is 3.06. The predicted octanol–water partition coefficient (Wildman–Crippen LogP) is 1.59. The summed E-state index contributed by atoms with van der Waals surface area (Å²) in [5.41, 5.74) is 0. The number of carbonyl (C=O) groups is 1. The van der Waals surface area contributed by atoms with Crippen molar-refractivity contribution in [2.24, 2.45) is 11.8 Å². The highest BCUT2D eigenvalue weighted by Gasteiger charge is 2.27. The van der Waals surface area contributed by atoms with Crippen molar-refractivity contribution < 1.29 is 19.0 Å². The molecule has 88 valence electrons. The third-order valence-electron chi connectivity index (χ3n) is 2.87. The lowest BCUT2D eigenvalue weighted by molar-refractivity contribution is -0.147. The van der Waals surface area contributed by atoms with Crippen LogP contribution in [0.3, 0.4) is 0 Å². The van der Waals surface area contributed by atoms with Gasteiger partial charge in [-0.25, -0.2) is 0 Å². The highest BCUT2D eigenvalue weighted by molar-refractivity contribution is 5.72. The summed E-state index contributed by atoms with van der Waals surface area (Å²) in [6, 6.07) is 0. The van der Waals surface area contributed by atoms with Gasteiger partial charge in [-0.2, -0.15) is 0 Å². The van der Waals surface area contributed by atoms with Crippen molar-refractivity contribution in [3.63, 3.8) is 0 Å². The van der Waals surface area contributed by atoms with Gasteiger partial charge in [-0.3, -0.25) is 4.79 Å². The van der Waals surface area contributed by atoms with Gasteiger partial charge in [0.1, 0.15) is 6.79 Å². The van der Waals surface area contributed by atoms with E-state index in [1.807, 2.05) is 0 Å². The van der Waals surface area contributed by atoms with E-state index < -0.39 is 0 Å². The van der Waals surface area contributed by atoms with E-state index >= 15 is 0 Å². The molecular formula is C11H20O4. The van der Waals surface area contributed by atoms with Gasteiger partial charge in [0.25, 0.3) is 0 Å². The normalized spacial score (nSPS) is 26.3. The summed E-state index contributed by atoms with van der Waals surface area (Å²) < 4.78 is 14.9. The minimum Gasteiger partial charge on any atom is -0.469 e. The Morgan fingerprint density at radius 2 is 2.13 bits per heavy atom. The van der Waals surface area contributed by atoms with Crippen molar-refractivity contribution in [3.05, 3.63) is 0 Å². The first-order valence-corrected chi connectivity index (χ1v) is 5.42. The number of carbonyl (C=O) groups excluding carboxylic acids is 1. The standard InChI is InChI=1S/C11H20O4/c1-13-8-15-7-9-4-3-5-10(6-9)11(12)14-2/h9-10H,3-8H2,1-2H3/t9-,10+/m1/s1. The first-order chi connectivity index (χ1) is 7.27. The van der Waals surface area contributed by atoms with Crippen LogP contribution in [0, 0.1) is 11.8 Å². The van der Waals surface area contributed by atoms with Crippen molar-refractivity contribution >= 4 is 5.97 Å². The van der Waals surface area contributed by atoms with E-state index in [-0.39, 0.29) is 11.9 Å². The van der Waals surface area contributed by atoms with E-state index in [9.17, 15) is 4.79 Å². The van der Waals surface area contributed by atoms with Gasteiger partial charge in [-0.05, 0) is 25.2 Å². The first-order valence-electron chi connectivity index (χ1n) is 5.42. The minimum absolute atomic E-state index is 0.0693. The van der Waals surface area contributed by atoms with E-state index in [4.69, 9.17) is 14.2 Å². The summed E-state index contributed by atoms with van der Waals surface area (Å²) in [6.07, 6.45) is 4.06. The van der Waals surface area contributed by atoms with Gasteiger partial charge in [0.2, 0.25) is 0 Å². The Bertz CT molecular complexity index is 193. The van der Waals surface area contributed by atoms with Crippen LogP contribution in [-0.4, -0.2) is 33.6 Å². The van der Waals surface area contributed by atoms with Gasteiger partial charge in [0, 0.05) is 7.11 Å². The van der Waals surface area contributed by atoms with Crippen LogP contribution in [0.1, 0.15) is 25.7 Å². The molecule has 0 unspecified atom stereocenters. The summed E-state index contributed by atoms with van der Waals surface area (Å²) in [4.78, 5) is 11.4. The summed E-state index contributed by atoms with van der Waals surface area (Å²) >= 11 is 0. The van der Waals surface area contributed by atoms with Crippen molar-refractivity contribution in [2.75, 3.05) is 27.6 Å². The van der Waals surface area contributed by atoms with Crippen LogP contribution in [0.4, 0.5) is 0 Å². The predicted molar refractivity (Wildman–Crippen MR) is 55.3 cm³/mol. The largest absolute Gasteiger partial charge is 0.469 e. The molecule has 0 amide bonds. The number of rotatable bonds is 5. The van der Waals surface area contributed by atoms with Crippen molar-refractivity contribution in [1.29, 1.82) is 0 Å². The first kappa shape index (κ1) is 12.5. The van der Waals surface area contributed by atoms with Crippen LogP contribution in [0.25, 0.3) is 0 Å². The van der Waals surface area contributed by atoms with Crippen LogP contribution < -0.4 is 0 Å². The van der Waals surface area contributed by atoms with Gasteiger partial charge >= 0.3 is 5.97 Å². The molecular weight excluding hydrogens is 196 g/mol. The number of hydrogen-bond donors (Lipinski definition) is 0. The molecule has 1 aliphatic rings. The fourth-order valence-electron chi connectivity index (χ4n) is 2.12. The summed E-state index contributed by atoms with van der Waals surface area (Å²) in [6.45, 7) is 1.01. The van der Waals surface area contributed by atoms with Crippen LogP contribution in [-0.2, 0) is 19.0 Å². The molecule has 0 N–H and O–H groups in total. The number of methoxy groups -OCH3 is 2. The lowest BCUT2D eigenvalue weighted by Crippen LogP contribution is -2.26. The molecule has 0 aromatic heterocycles. The van der Waals surface area contributed by atoms with E-state index in [0.29, 0.717) is 19.3 Å². The minimum atomic E-state index is -0.0774. The number of hydrogen-bond acceptors (Lipinski definition) is 4. The molecule has 1 fully saturated rings. The molecule has 0 heterocycles. The zero-order chi connectivity index (χ0) is 11.1. The molecule has 1 saturated carbocycles. The lowest BCUT2D eigenvalue weighted by atomic mass is 9.82. The number of ether oxygens (including phenoxy) is 3. The molecule has 0 saturated heterocycles. The maximum absolute atomic E-state index is 11.4. The second-order valence-electron chi connectivity index (χ2n) is 4.03. The van der Waals surface area contributed by atoms with E-state index in [1.54, 1.807) is 7.11 Å². The SMILES string of the molecule is COCOC[C@@H]1CCC[C@H](C(=O)OC)C1. The zero-order valence-corrected chi connectivity index (χ0v) is 9.53. The Kier molecular flexibility index (Phi) is 5.65. The van der Waals surface area contributed by atoms with Crippen LogP contribution >= 0.6 is 0 Å². The van der Waals surface area contributed by atoms with Crippen LogP contribution in [0.2, 0.25) is 0 Å². The van der Waals surface area contributed by atoms with Gasteiger partial charge in [-0.1, -0.05) is 6.42 Å². The fourth-order valence-corrected chi connectivity index (χ4v) is 2.12. The van der Waals surface area contributed by atoms with Crippen LogP contribution in [0.5, 0.6) is 0 Å². The van der Waals surface area contributed by atoms with E-state index in [1.165, 1.54) is 7.11 Å². The summed E-state index contributed by atoms with van der Waals surface area (Å²) in [5, 5.41) is 0. The molecule has 0 aliphatic heterocycles. The topological polar surface area (TPSA) is 44.8 Å². The monoisotopic (exact) mass is 216 g/mol. The molecule has 4 nitrogen and oxygen atoms in total. The Morgan fingerprint density at radius 3 is 2.80 bits per heavy atom. The molecule has 15 heavy (non-hydrogen) atoms. The zero-order valence-electron chi connectivity index (χ0n) is 9.53. The highest BCUT2D eigenvalue weighted by atomic mass is 16.7. The van der Waals surface area contributed by atoms with Gasteiger partial charge in [0.15, 0.2) is 0 Å². The lowest BCUT2D eigenvalue weighted by Gasteiger charge is -2.27. The second kappa shape index (κ2) is 6.80. The molecule has 0 radical (unpaired) electrons. The molecule has 4 heteroatoms. The van der Waals surface area contributed by atoms with Crippen molar-refractivity contribution in [2.45, 2.75) is 25.7 Å². The number of esters is 1. The molecule has 1 rings (SSSR count). The average molecular weight is 216 g/mol. The molecule has 0 bridgehead atoms. The fraction of sp³-hybridized carbons (Fsp3) is 0.909. The Labute approximate surface area is 90.9 Å². The Hall–Kier alpha value is -0.610. The molecule has 0 aromatic carbocycles. The van der Waals surface area contributed by atoms with Crippen molar-refractivity contribution in [3.8, 4) is 0 Å². The molecule has 0 aromatic rings. The maximum Gasteiger partial charge on any atom is 0.308 e. The average Bonchev–Trinajstić information content (AvgIpc) is 2.29. The summed E-state index contributed by atoms with van der Waals surface area (Å²) in [5.74, 6) is 0.462. The third-order valence-corrected chi connectivity index (χ3v) is 2.87. The molecule has 2 atom stereocenters. The quantitative estimate of drug-likeness (QED) is 0.397. The van der Waals surface area contributed by atoms with E-state index in [0.717, 1.165) is 25.7 Å².